The van der Waals surface area contributed by atoms with Crippen molar-refractivity contribution in [1.29, 1.82) is 0 Å². The number of amides is 1. The number of rotatable bonds is 3. The van der Waals surface area contributed by atoms with Crippen molar-refractivity contribution in [3.63, 3.8) is 0 Å². The van der Waals surface area contributed by atoms with Crippen LogP contribution in [0.15, 0.2) is 0 Å². The molecule has 1 amide bonds. The van der Waals surface area contributed by atoms with Gasteiger partial charge >= 0.3 is 5.97 Å². The highest BCUT2D eigenvalue weighted by Gasteiger charge is 2.32. The summed E-state index contributed by atoms with van der Waals surface area (Å²) in [6, 6.07) is 0. The van der Waals surface area contributed by atoms with Gasteiger partial charge in [-0.1, -0.05) is 13.8 Å². The molecular formula is C9H15NO3. The number of aliphatic carboxylic acids is 1. The van der Waals surface area contributed by atoms with Crippen molar-refractivity contribution >= 4 is 11.9 Å². The highest BCUT2D eigenvalue weighted by atomic mass is 16.4. The minimum absolute atomic E-state index is 0.0268. The average Bonchev–Trinajstić information content (AvgIpc) is 2.31. The van der Waals surface area contributed by atoms with Crippen molar-refractivity contribution in [3.05, 3.63) is 0 Å². The van der Waals surface area contributed by atoms with Crippen molar-refractivity contribution in [3.8, 4) is 0 Å². The van der Waals surface area contributed by atoms with Gasteiger partial charge in [0.25, 0.3) is 0 Å². The molecule has 0 aromatic heterocycles. The molecule has 4 heteroatoms. The van der Waals surface area contributed by atoms with Gasteiger partial charge in [-0.3, -0.25) is 9.59 Å². The summed E-state index contributed by atoms with van der Waals surface area (Å²) in [6.07, 6.45) is 0.505. The molecule has 1 heterocycles. The summed E-state index contributed by atoms with van der Waals surface area (Å²) in [5.74, 6) is -0.187. The quantitative estimate of drug-likeness (QED) is 0.699. The van der Waals surface area contributed by atoms with E-state index in [4.69, 9.17) is 5.11 Å². The molecule has 1 aliphatic heterocycles. The first kappa shape index (κ1) is 10.0. The SMILES string of the molecule is CC(C)[C@@H]1CC(=O)N(CC(=O)O)C1. The van der Waals surface area contributed by atoms with Crippen molar-refractivity contribution in [2.45, 2.75) is 20.3 Å². The number of hydrogen-bond acceptors (Lipinski definition) is 2. The van der Waals surface area contributed by atoms with Gasteiger partial charge in [-0.25, -0.2) is 0 Å². The van der Waals surface area contributed by atoms with E-state index in [0.29, 0.717) is 24.8 Å². The summed E-state index contributed by atoms with van der Waals surface area (Å²) in [5, 5.41) is 8.52. The number of carbonyl (C=O) groups excluding carboxylic acids is 1. The highest BCUT2D eigenvalue weighted by molar-refractivity contribution is 5.83. The van der Waals surface area contributed by atoms with Crippen LogP contribution >= 0.6 is 0 Å². The van der Waals surface area contributed by atoms with E-state index in [1.807, 2.05) is 0 Å². The van der Waals surface area contributed by atoms with E-state index in [2.05, 4.69) is 13.8 Å². The first-order valence-electron chi connectivity index (χ1n) is 4.50. The lowest BCUT2D eigenvalue weighted by Crippen LogP contribution is -2.31. The fraction of sp³-hybridized carbons (Fsp3) is 0.778. The first-order valence-corrected chi connectivity index (χ1v) is 4.50. The smallest absolute Gasteiger partial charge is 0.323 e. The molecule has 0 aromatic rings. The zero-order valence-corrected chi connectivity index (χ0v) is 7.99. The van der Waals surface area contributed by atoms with Gasteiger partial charge < -0.3 is 10.0 Å². The largest absolute Gasteiger partial charge is 0.480 e. The number of carbonyl (C=O) groups is 2. The Morgan fingerprint density at radius 1 is 1.69 bits per heavy atom. The van der Waals surface area contributed by atoms with E-state index >= 15 is 0 Å². The van der Waals surface area contributed by atoms with Crippen LogP contribution in [0.2, 0.25) is 0 Å². The van der Waals surface area contributed by atoms with Crippen LogP contribution in [-0.4, -0.2) is 35.0 Å². The molecule has 0 aliphatic carbocycles. The van der Waals surface area contributed by atoms with Crippen LogP contribution in [0.1, 0.15) is 20.3 Å². The molecular weight excluding hydrogens is 170 g/mol. The Hall–Kier alpha value is -1.06. The maximum Gasteiger partial charge on any atom is 0.323 e. The van der Waals surface area contributed by atoms with Gasteiger partial charge in [0.15, 0.2) is 0 Å². The molecule has 13 heavy (non-hydrogen) atoms. The minimum atomic E-state index is -0.933. The molecule has 0 aromatic carbocycles. The number of carboxylic acid groups (broad SMARTS) is 1. The molecule has 0 unspecified atom stereocenters. The summed E-state index contributed by atoms with van der Waals surface area (Å²) in [5.41, 5.74) is 0. The fourth-order valence-corrected chi connectivity index (χ4v) is 1.57. The number of carboxylic acids is 1. The topological polar surface area (TPSA) is 57.6 Å². The van der Waals surface area contributed by atoms with Crippen molar-refractivity contribution in [2.75, 3.05) is 13.1 Å². The molecule has 0 bridgehead atoms. The Labute approximate surface area is 77.5 Å². The summed E-state index contributed by atoms with van der Waals surface area (Å²) in [6.45, 7) is 4.56. The Morgan fingerprint density at radius 3 is 2.69 bits per heavy atom. The highest BCUT2D eigenvalue weighted by Crippen LogP contribution is 2.24. The lowest BCUT2D eigenvalue weighted by Gasteiger charge is -2.15. The van der Waals surface area contributed by atoms with Gasteiger partial charge in [-0.05, 0) is 11.8 Å². The molecule has 1 aliphatic rings. The molecule has 0 radical (unpaired) electrons. The molecule has 1 saturated heterocycles. The lowest BCUT2D eigenvalue weighted by molar-refractivity contribution is -0.142. The Balaban J connectivity index is 2.51. The monoisotopic (exact) mass is 185 g/mol. The normalized spacial score (nSPS) is 22.8. The summed E-state index contributed by atoms with van der Waals surface area (Å²) in [4.78, 5) is 23.1. The molecule has 1 N–H and O–H groups in total. The van der Waals surface area contributed by atoms with E-state index in [1.165, 1.54) is 4.90 Å². The van der Waals surface area contributed by atoms with Crippen LogP contribution < -0.4 is 0 Å². The Bertz CT molecular complexity index is 225. The minimum Gasteiger partial charge on any atom is -0.480 e. The number of likely N-dealkylation sites (tertiary alicyclic amines) is 1. The Kier molecular flexibility index (Phi) is 2.90. The lowest BCUT2D eigenvalue weighted by atomic mass is 9.95. The predicted octanol–water partition coefficient (Wildman–Crippen LogP) is 0.575. The zero-order chi connectivity index (χ0) is 10.0. The van der Waals surface area contributed by atoms with E-state index < -0.39 is 5.97 Å². The standard InChI is InChI=1S/C9H15NO3/c1-6(2)7-3-8(11)10(4-7)5-9(12)13/h6-7H,3-5H2,1-2H3,(H,12,13)/t7-/m1/s1. The van der Waals surface area contributed by atoms with Gasteiger partial charge in [0.1, 0.15) is 6.54 Å². The van der Waals surface area contributed by atoms with Crippen molar-refractivity contribution in [2.24, 2.45) is 11.8 Å². The number of nitrogens with zero attached hydrogens (tertiary/aromatic N) is 1. The molecule has 1 fully saturated rings. The van der Waals surface area contributed by atoms with E-state index in [9.17, 15) is 9.59 Å². The summed E-state index contributed by atoms with van der Waals surface area (Å²) >= 11 is 0. The average molecular weight is 185 g/mol. The van der Waals surface area contributed by atoms with Gasteiger partial charge in [0, 0.05) is 13.0 Å². The molecule has 0 saturated carbocycles. The molecule has 1 atom stereocenters. The van der Waals surface area contributed by atoms with Crippen LogP contribution in [0.3, 0.4) is 0 Å². The Morgan fingerprint density at radius 2 is 2.31 bits per heavy atom. The summed E-state index contributed by atoms with van der Waals surface area (Å²) < 4.78 is 0. The van der Waals surface area contributed by atoms with Crippen molar-refractivity contribution < 1.29 is 14.7 Å². The fourth-order valence-electron chi connectivity index (χ4n) is 1.57. The van der Waals surface area contributed by atoms with Crippen LogP contribution in [0, 0.1) is 11.8 Å². The van der Waals surface area contributed by atoms with E-state index in [-0.39, 0.29) is 12.5 Å². The van der Waals surface area contributed by atoms with Crippen molar-refractivity contribution in [1.82, 2.24) is 4.90 Å². The van der Waals surface area contributed by atoms with E-state index in [1.54, 1.807) is 0 Å². The number of hydrogen-bond donors (Lipinski definition) is 1. The maximum absolute atomic E-state index is 11.3. The summed E-state index contributed by atoms with van der Waals surface area (Å²) in [7, 11) is 0. The first-order chi connectivity index (χ1) is 6.00. The second kappa shape index (κ2) is 3.77. The van der Waals surface area contributed by atoms with Crippen LogP contribution in [0.25, 0.3) is 0 Å². The maximum atomic E-state index is 11.3. The third-order valence-corrected chi connectivity index (χ3v) is 2.51. The third-order valence-electron chi connectivity index (χ3n) is 2.51. The third kappa shape index (κ3) is 2.44. The van der Waals surface area contributed by atoms with Gasteiger partial charge in [0.2, 0.25) is 5.91 Å². The van der Waals surface area contributed by atoms with Crippen LogP contribution in [-0.2, 0) is 9.59 Å². The molecule has 74 valence electrons. The molecule has 1 rings (SSSR count). The van der Waals surface area contributed by atoms with Gasteiger partial charge in [0.05, 0.1) is 0 Å². The predicted molar refractivity (Wildman–Crippen MR) is 47.2 cm³/mol. The second-order valence-corrected chi connectivity index (χ2v) is 3.88. The van der Waals surface area contributed by atoms with Gasteiger partial charge in [-0.15, -0.1) is 0 Å². The van der Waals surface area contributed by atoms with Gasteiger partial charge in [-0.2, -0.15) is 0 Å². The van der Waals surface area contributed by atoms with Crippen LogP contribution in [0.4, 0.5) is 0 Å². The molecule has 0 spiro atoms. The second-order valence-electron chi connectivity index (χ2n) is 3.88. The zero-order valence-electron chi connectivity index (χ0n) is 7.99. The molecule has 4 nitrogen and oxygen atoms in total. The van der Waals surface area contributed by atoms with Crippen LogP contribution in [0.5, 0.6) is 0 Å². The van der Waals surface area contributed by atoms with E-state index in [0.717, 1.165) is 0 Å².